The minimum atomic E-state index is -2.04. The number of ether oxygens (including phenoxy) is 1. The molecule has 1 aliphatic carbocycles. The number of piperidine rings is 1. The Bertz CT molecular complexity index is 1690. The van der Waals surface area contributed by atoms with Gasteiger partial charge in [0, 0.05) is 54.5 Å². The molecule has 7 atom stereocenters. The van der Waals surface area contributed by atoms with Crippen molar-refractivity contribution in [2.24, 2.45) is 11.8 Å². The van der Waals surface area contributed by atoms with E-state index in [2.05, 4.69) is 46.6 Å². The lowest BCUT2D eigenvalue weighted by Crippen LogP contribution is -2.71. The molecule has 3 N–H and O–H groups in total. The van der Waals surface area contributed by atoms with Crippen molar-refractivity contribution < 1.29 is 24.2 Å². The molecule has 0 saturated carbocycles. The summed E-state index contributed by atoms with van der Waals surface area (Å²) in [5.41, 5.74) is 2.75. The number of aliphatic hydroxyl groups is 1. The van der Waals surface area contributed by atoms with Gasteiger partial charge >= 0.3 is 0 Å². The van der Waals surface area contributed by atoms with Crippen LogP contribution in [0, 0.1) is 11.8 Å². The number of likely N-dealkylation sites (N-methyl/N-ethyl adjacent to an activating group) is 1. The van der Waals surface area contributed by atoms with Crippen LogP contribution in [0.5, 0.6) is 0 Å². The number of H-pyrrole nitrogens is 1. The molecule has 236 valence electrons. The Morgan fingerprint density at radius 2 is 1.96 bits per heavy atom. The average molecular weight is 612 g/mol. The first-order chi connectivity index (χ1) is 21.6. The third-order valence-electron chi connectivity index (χ3n) is 11.2. The molecule has 3 amide bonds. The Hall–Kier alpha value is -3.73. The molecule has 45 heavy (non-hydrogen) atoms. The second-order valence-corrected chi connectivity index (χ2v) is 14.0. The lowest BCUT2D eigenvalue weighted by Gasteiger charge is -2.48. The molecule has 4 fully saturated rings. The van der Waals surface area contributed by atoms with E-state index in [-0.39, 0.29) is 30.2 Å². The van der Waals surface area contributed by atoms with Crippen molar-refractivity contribution in [1.82, 2.24) is 25.0 Å². The van der Waals surface area contributed by atoms with Gasteiger partial charge in [-0.1, -0.05) is 56.3 Å². The van der Waals surface area contributed by atoms with Crippen LogP contribution in [-0.4, -0.2) is 92.4 Å². The highest BCUT2D eigenvalue weighted by Gasteiger charge is 2.72. The summed E-state index contributed by atoms with van der Waals surface area (Å²) < 4.78 is 6.51. The van der Waals surface area contributed by atoms with Gasteiger partial charge in [-0.25, -0.2) is 0 Å². The normalized spacial score (nSPS) is 34.3. The number of carbonyl (C=O) groups is 3. The Morgan fingerprint density at radius 1 is 1.16 bits per heavy atom. The van der Waals surface area contributed by atoms with E-state index >= 15 is 0 Å². The molecule has 1 unspecified atom stereocenters. The van der Waals surface area contributed by atoms with E-state index in [0.717, 1.165) is 17.5 Å². The molecule has 10 heteroatoms. The monoisotopic (exact) mass is 611 g/mol. The van der Waals surface area contributed by atoms with E-state index < -0.39 is 41.5 Å². The highest BCUT2D eigenvalue weighted by Crippen LogP contribution is 2.49. The van der Waals surface area contributed by atoms with E-state index in [1.54, 1.807) is 4.90 Å². The SMILES string of the molecule is CC(C)[C@@]1(NC(=O)[C@@H]2C[C@@H]3c4cccc5[nH]cc(c45)C[C@H]3N(C)C2)OC2(O)[C@@H]3CCCN3C(=O)[C@H](Cc3ccccc3)N2C1=O. The third kappa shape index (κ3) is 4.08. The largest absolute Gasteiger partial charge is 0.361 e. The number of benzene rings is 2. The molecule has 8 rings (SSSR count). The van der Waals surface area contributed by atoms with Crippen LogP contribution in [0.3, 0.4) is 0 Å². The molecule has 4 aliphatic heterocycles. The van der Waals surface area contributed by atoms with Gasteiger partial charge in [0.1, 0.15) is 12.1 Å². The quantitative estimate of drug-likeness (QED) is 0.409. The summed E-state index contributed by atoms with van der Waals surface area (Å²) in [6.45, 7) is 4.68. The summed E-state index contributed by atoms with van der Waals surface area (Å²) in [5, 5.41) is 16.6. The van der Waals surface area contributed by atoms with Gasteiger partial charge in [0.05, 0.1) is 5.92 Å². The van der Waals surface area contributed by atoms with Crippen molar-refractivity contribution in [3.05, 3.63) is 71.4 Å². The zero-order valence-corrected chi connectivity index (χ0v) is 26.0. The second kappa shape index (κ2) is 10.1. The van der Waals surface area contributed by atoms with Crippen LogP contribution in [0.15, 0.2) is 54.7 Å². The topological polar surface area (TPSA) is 118 Å². The van der Waals surface area contributed by atoms with Gasteiger partial charge < -0.3 is 25.2 Å². The highest BCUT2D eigenvalue weighted by atomic mass is 16.7. The van der Waals surface area contributed by atoms with Crippen molar-refractivity contribution in [3.8, 4) is 0 Å². The lowest BCUT2D eigenvalue weighted by atomic mass is 9.72. The molecule has 5 heterocycles. The predicted octanol–water partition coefficient (Wildman–Crippen LogP) is 2.72. The fraction of sp³-hybridized carbons (Fsp3) is 0.514. The van der Waals surface area contributed by atoms with E-state index in [0.29, 0.717) is 32.4 Å². The summed E-state index contributed by atoms with van der Waals surface area (Å²) in [6, 6.07) is 14.5. The van der Waals surface area contributed by atoms with Gasteiger partial charge in [0.2, 0.25) is 17.5 Å². The standard InChI is InChI=1S/C35H41N5O5/c1-20(2)34(37-31(41)23-16-25-24-11-7-12-26-30(24)22(18-36-26)17-27(25)38(3)19-23)33(43)40-28(15-21-9-5-4-6-10-21)32(42)39-14-8-13-29(39)35(40,44)45-34/h4-7,9-12,18,20,23,25,27-29,36,44H,8,13-17,19H2,1-3H3,(H,37,41)/t23-,25-,27-,28+,29+,34-,35?/m1/s1. The number of likely N-dealkylation sites (tertiary alicyclic amines) is 1. The van der Waals surface area contributed by atoms with Crippen LogP contribution in [0.2, 0.25) is 0 Å². The van der Waals surface area contributed by atoms with Crippen LogP contribution in [-0.2, 0) is 32.0 Å². The molecular weight excluding hydrogens is 570 g/mol. The number of hydrogen-bond donors (Lipinski definition) is 3. The summed E-state index contributed by atoms with van der Waals surface area (Å²) in [4.78, 5) is 51.4. The summed E-state index contributed by atoms with van der Waals surface area (Å²) in [5.74, 6) is -3.80. The predicted molar refractivity (Wildman–Crippen MR) is 167 cm³/mol. The summed E-state index contributed by atoms with van der Waals surface area (Å²) >= 11 is 0. The van der Waals surface area contributed by atoms with Crippen molar-refractivity contribution >= 4 is 28.6 Å². The number of aromatic nitrogens is 1. The average Bonchev–Trinajstić information content (AvgIpc) is 3.74. The fourth-order valence-electron chi connectivity index (χ4n) is 8.99. The van der Waals surface area contributed by atoms with Gasteiger partial charge in [-0.05, 0) is 55.5 Å². The fourth-order valence-corrected chi connectivity index (χ4v) is 8.99. The van der Waals surface area contributed by atoms with E-state index in [1.165, 1.54) is 21.4 Å². The lowest BCUT2D eigenvalue weighted by molar-refractivity contribution is -0.321. The summed E-state index contributed by atoms with van der Waals surface area (Å²) in [6.07, 6.45) is 5.12. The van der Waals surface area contributed by atoms with Crippen LogP contribution in [0.1, 0.15) is 55.7 Å². The number of hydrogen-bond acceptors (Lipinski definition) is 6. The molecule has 3 aromatic rings. The Balaban J connectivity index is 1.12. The molecule has 1 aromatic heterocycles. The van der Waals surface area contributed by atoms with E-state index in [9.17, 15) is 19.5 Å². The number of fused-ring (bicyclic) bond motifs is 5. The molecule has 0 bridgehead atoms. The minimum absolute atomic E-state index is 0.164. The number of piperazine rings is 1. The van der Waals surface area contributed by atoms with Crippen LogP contribution < -0.4 is 5.32 Å². The number of rotatable bonds is 5. The van der Waals surface area contributed by atoms with E-state index in [1.807, 2.05) is 44.2 Å². The second-order valence-electron chi connectivity index (χ2n) is 14.0. The number of aromatic amines is 1. The molecule has 10 nitrogen and oxygen atoms in total. The van der Waals surface area contributed by atoms with Crippen LogP contribution >= 0.6 is 0 Å². The van der Waals surface area contributed by atoms with Gasteiger partial charge in [-0.15, -0.1) is 0 Å². The van der Waals surface area contributed by atoms with Crippen LogP contribution in [0.25, 0.3) is 10.9 Å². The van der Waals surface area contributed by atoms with Gasteiger partial charge in [-0.3, -0.25) is 24.0 Å². The van der Waals surface area contributed by atoms with E-state index in [4.69, 9.17) is 4.74 Å². The maximum atomic E-state index is 14.6. The zero-order chi connectivity index (χ0) is 31.2. The Morgan fingerprint density at radius 3 is 2.73 bits per heavy atom. The molecule has 0 radical (unpaired) electrons. The number of amides is 3. The number of nitrogens with zero attached hydrogens (tertiary/aromatic N) is 3. The number of nitrogens with one attached hydrogen (secondary N) is 2. The molecule has 4 saturated heterocycles. The van der Waals surface area contributed by atoms with Gasteiger partial charge in [0.15, 0.2) is 0 Å². The van der Waals surface area contributed by atoms with Crippen molar-refractivity contribution in [3.63, 3.8) is 0 Å². The zero-order valence-electron chi connectivity index (χ0n) is 26.0. The minimum Gasteiger partial charge on any atom is -0.361 e. The first-order valence-corrected chi connectivity index (χ1v) is 16.3. The Labute approximate surface area is 262 Å². The van der Waals surface area contributed by atoms with Crippen molar-refractivity contribution in [2.75, 3.05) is 20.1 Å². The van der Waals surface area contributed by atoms with Gasteiger partial charge in [0.25, 0.3) is 11.8 Å². The molecule has 2 aromatic carbocycles. The third-order valence-corrected chi connectivity index (χ3v) is 11.2. The maximum absolute atomic E-state index is 14.6. The maximum Gasteiger partial charge on any atom is 0.281 e. The molecule has 0 spiro atoms. The molecular formula is C35H41N5O5. The first kappa shape index (κ1) is 28.7. The Kier molecular flexibility index (Phi) is 6.47. The molecule has 5 aliphatic rings. The number of carbonyl (C=O) groups excluding carboxylic acids is 3. The van der Waals surface area contributed by atoms with Crippen molar-refractivity contribution in [2.45, 2.75) is 81.6 Å². The van der Waals surface area contributed by atoms with Crippen LogP contribution in [0.4, 0.5) is 0 Å². The first-order valence-electron chi connectivity index (χ1n) is 16.3. The highest BCUT2D eigenvalue weighted by molar-refractivity contribution is 5.98. The van der Waals surface area contributed by atoms with Gasteiger partial charge in [-0.2, -0.15) is 0 Å². The van der Waals surface area contributed by atoms with Crippen molar-refractivity contribution in [1.29, 1.82) is 0 Å². The smallest absolute Gasteiger partial charge is 0.281 e. The summed E-state index contributed by atoms with van der Waals surface area (Å²) in [7, 11) is 2.07.